The molecule has 0 radical (unpaired) electrons. The van der Waals surface area contributed by atoms with E-state index in [1.165, 1.54) is 0 Å². The molecule has 0 bridgehead atoms. The second kappa shape index (κ2) is 10.1. The van der Waals surface area contributed by atoms with Crippen molar-refractivity contribution < 1.29 is 14.6 Å². The first-order valence-corrected chi connectivity index (χ1v) is 6.65. The Kier molecular flexibility index (Phi) is 9.79. The Bertz CT molecular complexity index is 277. The van der Waals surface area contributed by atoms with Crippen molar-refractivity contribution >= 4 is 0 Å². The normalized spacial score (nSPS) is 17.3. The molecule has 0 saturated carbocycles. The molecule has 0 fully saturated rings. The van der Waals surface area contributed by atoms with Gasteiger partial charge in [0.05, 0.1) is 19.3 Å². The average molecular weight is 271 g/mol. The van der Waals surface area contributed by atoms with Gasteiger partial charge in [0.25, 0.3) is 0 Å². The lowest BCUT2D eigenvalue weighted by atomic mass is 9.97. The molecule has 0 spiro atoms. The maximum atomic E-state index is 10.1. The first-order valence-electron chi connectivity index (χ1n) is 6.65. The van der Waals surface area contributed by atoms with Crippen LogP contribution in [-0.2, 0) is 9.47 Å². The average Bonchev–Trinajstić information content (AvgIpc) is 2.35. The minimum atomic E-state index is -0.584. The number of aliphatic hydroxyl groups is 1. The largest absolute Gasteiger partial charge is 0.389 e. The van der Waals surface area contributed by atoms with E-state index >= 15 is 0 Å². The first kappa shape index (κ1) is 18.3. The molecule has 4 heteroatoms. The molecule has 0 aliphatic carbocycles. The van der Waals surface area contributed by atoms with E-state index in [1.54, 1.807) is 13.2 Å². The molecule has 0 heterocycles. The van der Waals surface area contributed by atoms with Gasteiger partial charge < -0.3 is 19.5 Å². The van der Waals surface area contributed by atoms with Crippen LogP contribution in [0.2, 0.25) is 0 Å². The summed E-state index contributed by atoms with van der Waals surface area (Å²) in [5.74, 6) is 0.000369. The van der Waals surface area contributed by atoms with Crippen molar-refractivity contribution in [2.75, 3.05) is 41.0 Å². The molecule has 112 valence electrons. The number of ether oxygens (including phenoxy) is 2. The molecule has 3 atom stereocenters. The van der Waals surface area contributed by atoms with Gasteiger partial charge in [-0.2, -0.15) is 0 Å². The lowest BCUT2D eigenvalue weighted by molar-refractivity contribution is -0.00170. The monoisotopic (exact) mass is 271 g/mol. The molecule has 0 rings (SSSR count). The fourth-order valence-electron chi connectivity index (χ4n) is 1.75. The van der Waals surface area contributed by atoms with Gasteiger partial charge in [0, 0.05) is 19.6 Å². The van der Waals surface area contributed by atoms with Gasteiger partial charge in [-0.3, -0.25) is 0 Å². The molecule has 0 aliphatic rings. The summed E-state index contributed by atoms with van der Waals surface area (Å²) >= 11 is 0. The van der Waals surface area contributed by atoms with Gasteiger partial charge in [0.2, 0.25) is 0 Å². The van der Waals surface area contributed by atoms with Crippen molar-refractivity contribution in [3.63, 3.8) is 0 Å². The number of hydrogen-bond acceptors (Lipinski definition) is 4. The summed E-state index contributed by atoms with van der Waals surface area (Å²) in [6.45, 7) is 9.84. The molecule has 0 aliphatic heterocycles. The van der Waals surface area contributed by atoms with Crippen LogP contribution in [0.15, 0.2) is 24.3 Å². The highest BCUT2D eigenvalue weighted by atomic mass is 16.5. The number of aliphatic hydroxyl groups excluding tert-OH is 1. The number of likely N-dealkylation sites (N-methyl/N-ethyl adjacent to an activating group) is 1. The van der Waals surface area contributed by atoms with Gasteiger partial charge in [0.1, 0.15) is 6.10 Å². The quantitative estimate of drug-likeness (QED) is 0.485. The van der Waals surface area contributed by atoms with Crippen molar-refractivity contribution in [1.82, 2.24) is 4.90 Å². The number of nitrogens with zero attached hydrogens (tertiary/aromatic N) is 1. The highest BCUT2D eigenvalue weighted by Gasteiger charge is 2.20. The smallest absolute Gasteiger partial charge is 0.101 e. The van der Waals surface area contributed by atoms with Gasteiger partial charge in [-0.1, -0.05) is 24.6 Å². The summed E-state index contributed by atoms with van der Waals surface area (Å²) < 4.78 is 10.7. The molecule has 0 aromatic carbocycles. The topological polar surface area (TPSA) is 41.9 Å². The highest BCUT2D eigenvalue weighted by molar-refractivity contribution is 5.04. The van der Waals surface area contributed by atoms with E-state index in [1.807, 2.05) is 34.0 Å². The Hall–Kier alpha value is -0.680. The van der Waals surface area contributed by atoms with Crippen LogP contribution in [-0.4, -0.2) is 63.2 Å². The van der Waals surface area contributed by atoms with Gasteiger partial charge in [-0.25, -0.2) is 0 Å². The summed E-state index contributed by atoms with van der Waals surface area (Å²) in [5.41, 5.74) is 1.12. The number of rotatable bonds is 10. The number of methoxy groups -OCH3 is 1. The maximum Gasteiger partial charge on any atom is 0.101 e. The lowest BCUT2D eigenvalue weighted by Gasteiger charge is -2.22. The maximum absolute atomic E-state index is 10.1. The van der Waals surface area contributed by atoms with E-state index in [4.69, 9.17) is 9.47 Å². The fraction of sp³-hybridized carbons (Fsp3) is 0.733. The summed E-state index contributed by atoms with van der Waals surface area (Å²) in [4.78, 5) is 2.08. The first-order chi connectivity index (χ1) is 8.92. The van der Waals surface area contributed by atoms with Gasteiger partial charge in [-0.15, -0.1) is 6.58 Å². The molecule has 19 heavy (non-hydrogen) atoms. The summed E-state index contributed by atoms with van der Waals surface area (Å²) in [7, 11) is 5.61. The second-order valence-corrected chi connectivity index (χ2v) is 5.15. The van der Waals surface area contributed by atoms with Crippen LogP contribution in [0.1, 0.15) is 13.8 Å². The zero-order valence-corrected chi connectivity index (χ0v) is 12.9. The second-order valence-electron chi connectivity index (χ2n) is 5.15. The summed E-state index contributed by atoms with van der Waals surface area (Å²) in [5, 5.41) is 10.1. The van der Waals surface area contributed by atoms with Crippen molar-refractivity contribution in [3.8, 4) is 0 Å². The van der Waals surface area contributed by atoms with E-state index in [2.05, 4.69) is 11.5 Å². The Morgan fingerprint density at radius 1 is 1.42 bits per heavy atom. The standard InChI is InChI=1S/C15H29NO3/c1-7-14(18-6)15(17)13(3)10-12(2)11-19-9-8-16(4)5/h7,10,13-15,17H,1,8-9,11H2,2-6H3/b12-10-/t13-,14?,15+/m1/s1. The molecule has 0 amide bonds. The molecule has 1 unspecified atom stereocenters. The number of hydrogen-bond donors (Lipinski definition) is 1. The van der Waals surface area contributed by atoms with E-state index in [9.17, 15) is 5.11 Å². The Balaban J connectivity index is 4.15. The fourth-order valence-corrected chi connectivity index (χ4v) is 1.75. The molecular weight excluding hydrogens is 242 g/mol. The molecule has 1 N–H and O–H groups in total. The van der Waals surface area contributed by atoms with Crippen molar-refractivity contribution in [3.05, 3.63) is 24.3 Å². The zero-order valence-electron chi connectivity index (χ0n) is 12.9. The Morgan fingerprint density at radius 2 is 2.05 bits per heavy atom. The molecule has 0 saturated heterocycles. The SMILES string of the molecule is C=CC(OC)[C@@H](O)[C@H](C)/C=C(/C)COCCN(C)C. The van der Waals surface area contributed by atoms with Crippen LogP contribution in [0.4, 0.5) is 0 Å². The van der Waals surface area contributed by atoms with E-state index in [-0.39, 0.29) is 12.0 Å². The van der Waals surface area contributed by atoms with Gasteiger partial charge >= 0.3 is 0 Å². The van der Waals surface area contributed by atoms with Crippen molar-refractivity contribution in [2.45, 2.75) is 26.1 Å². The lowest BCUT2D eigenvalue weighted by Crippen LogP contribution is -2.31. The van der Waals surface area contributed by atoms with Crippen LogP contribution in [0.3, 0.4) is 0 Å². The molecule has 4 nitrogen and oxygen atoms in total. The Morgan fingerprint density at radius 3 is 2.53 bits per heavy atom. The summed E-state index contributed by atoms with van der Waals surface area (Å²) in [6, 6.07) is 0. The van der Waals surface area contributed by atoms with Crippen LogP contribution >= 0.6 is 0 Å². The van der Waals surface area contributed by atoms with Crippen molar-refractivity contribution in [1.29, 1.82) is 0 Å². The third kappa shape index (κ3) is 8.16. The minimum absolute atomic E-state index is 0.000369. The Labute approximate surface area is 117 Å². The third-order valence-electron chi connectivity index (χ3n) is 2.94. The van der Waals surface area contributed by atoms with Crippen molar-refractivity contribution in [2.24, 2.45) is 5.92 Å². The van der Waals surface area contributed by atoms with Crippen LogP contribution in [0.25, 0.3) is 0 Å². The predicted molar refractivity (Wildman–Crippen MR) is 79.3 cm³/mol. The van der Waals surface area contributed by atoms with Crippen LogP contribution in [0.5, 0.6) is 0 Å². The highest BCUT2D eigenvalue weighted by Crippen LogP contribution is 2.14. The zero-order chi connectivity index (χ0) is 14.8. The predicted octanol–water partition coefficient (Wildman–Crippen LogP) is 1.71. The molecular formula is C15H29NO3. The minimum Gasteiger partial charge on any atom is -0.389 e. The molecule has 0 aromatic rings. The van der Waals surface area contributed by atoms with Crippen LogP contribution < -0.4 is 0 Å². The van der Waals surface area contributed by atoms with Gasteiger partial charge in [-0.05, 0) is 21.0 Å². The van der Waals surface area contributed by atoms with E-state index in [0.29, 0.717) is 13.2 Å². The van der Waals surface area contributed by atoms with Gasteiger partial charge in [0.15, 0.2) is 0 Å². The van der Waals surface area contributed by atoms with E-state index in [0.717, 1.165) is 12.1 Å². The molecule has 0 aromatic heterocycles. The van der Waals surface area contributed by atoms with E-state index < -0.39 is 6.10 Å². The van der Waals surface area contributed by atoms with Crippen LogP contribution in [0, 0.1) is 5.92 Å². The third-order valence-corrected chi connectivity index (χ3v) is 2.94. The summed E-state index contributed by atoms with van der Waals surface area (Å²) in [6.07, 6.45) is 2.72.